The Hall–Kier alpha value is -0.850. The van der Waals surface area contributed by atoms with E-state index >= 15 is 0 Å². The fourth-order valence-electron chi connectivity index (χ4n) is 2.43. The van der Waals surface area contributed by atoms with E-state index in [1.54, 1.807) is 11.3 Å². The van der Waals surface area contributed by atoms with Crippen LogP contribution in [0.3, 0.4) is 0 Å². The number of hydrogen-bond donors (Lipinski definition) is 0. The highest BCUT2D eigenvalue weighted by atomic mass is 79.9. The van der Waals surface area contributed by atoms with Crippen LogP contribution in [0.5, 0.6) is 0 Å². The SMILES string of the molecule is CCCc1ncc2c(n1)CN(Cc1nc(Br)cs1)CC2. The summed E-state index contributed by atoms with van der Waals surface area (Å²) in [5.41, 5.74) is 2.51. The molecule has 3 heterocycles. The summed E-state index contributed by atoms with van der Waals surface area (Å²) in [6, 6.07) is 0. The minimum Gasteiger partial charge on any atom is -0.290 e. The molecule has 0 amide bonds. The summed E-state index contributed by atoms with van der Waals surface area (Å²) in [6.07, 6.45) is 5.11. The predicted molar refractivity (Wildman–Crippen MR) is 83.7 cm³/mol. The van der Waals surface area contributed by atoms with Crippen molar-refractivity contribution in [3.8, 4) is 0 Å². The number of aryl methyl sites for hydroxylation is 1. The Morgan fingerprint density at radius 1 is 1.40 bits per heavy atom. The van der Waals surface area contributed by atoms with Gasteiger partial charge < -0.3 is 0 Å². The fraction of sp³-hybridized carbons (Fsp3) is 0.500. The van der Waals surface area contributed by atoms with Crippen LogP contribution in [0.25, 0.3) is 0 Å². The Bertz CT molecular complexity index is 599. The third kappa shape index (κ3) is 3.24. The van der Waals surface area contributed by atoms with E-state index in [4.69, 9.17) is 4.98 Å². The van der Waals surface area contributed by atoms with Gasteiger partial charge in [0.05, 0.1) is 12.2 Å². The Balaban J connectivity index is 1.71. The Kier molecular flexibility index (Phi) is 4.43. The lowest BCUT2D eigenvalue weighted by Gasteiger charge is -2.27. The molecule has 0 aromatic carbocycles. The second-order valence-corrected chi connectivity index (χ2v) is 6.79. The van der Waals surface area contributed by atoms with Crippen molar-refractivity contribution in [1.29, 1.82) is 0 Å². The molecule has 4 nitrogen and oxygen atoms in total. The lowest BCUT2D eigenvalue weighted by molar-refractivity contribution is 0.240. The number of hydrogen-bond acceptors (Lipinski definition) is 5. The molecule has 0 saturated carbocycles. The van der Waals surface area contributed by atoms with Gasteiger partial charge in [0, 0.05) is 31.1 Å². The van der Waals surface area contributed by atoms with Crippen LogP contribution >= 0.6 is 27.3 Å². The van der Waals surface area contributed by atoms with Gasteiger partial charge in [-0.05, 0) is 34.3 Å². The van der Waals surface area contributed by atoms with Crippen LogP contribution in [-0.4, -0.2) is 26.4 Å². The Morgan fingerprint density at radius 3 is 3.05 bits per heavy atom. The van der Waals surface area contributed by atoms with Gasteiger partial charge in [0.25, 0.3) is 0 Å². The van der Waals surface area contributed by atoms with Crippen LogP contribution in [0.1, 0.15) is 35.4 Å². The minimum absolute atomic E-state index is 0.906. The molecule has 3 rings (SSSR count). The molecule has 0 saturated heterocycles. The van der Waals surface area contributed by atoms with Crippen molar-refractivity contribution in [2.75, 3.05) is 6.54 Å². The minimum atomic E-state index is 0.906. The van der Waals surface area contributed by atoms with E-state index < -0.39 is 0 Å². The highest BCUT2D eigenvalue weighted by Crippen LogP contribution is 2.21. The van der Waals surface area contributed by atoms with Crippen molar-refractivity contribution in [1.82, 2.24) is 19.9 Å². The molecule has 1 aliphatic heterocycles. The number of aromatic nitrogens is 3. The van der Waals surface area contributed by atoms with Crippen LogP contribution in [0.2, 0.25) is 0 Å². The topological polar surface area (TPSA) is 41.9 Å². The van der Waals surface area contributed by atoms with E-state index in [1.807, 2.05) is 11.6 Å². The maximum Gasteiger partial charge on any atom is 0.128 e. The van der Waals surface area contributed by atoms with Gasteiger partial charge in [-0.1, -0.05) is 6.92 Å². The fourth-order valence-corrected chi connectivity index (χ4v) is 3.74. The Morgan fingerprint density at radius 2 is 2.30 bits per heavy atom. The zero-order valence-corrected chi connectivity index (χ0v) is 13.9. The summed E-state index contributed by atoms with van der Waals surface area (Å²) in [5.74, 6) is 0.977. The number of rotatable bonds is 4. The van der Waals surface area contributed by atoms with E-state index in [2.05, 4.69) is 37.7 Å². The smallest absolute Gasteiger partial charge is 0.128 e. The van der Waals surface area contributed by atoms with E-state index in [0.29, 0.717) is 0 Å². The molecule has 0 fully saturated rings. The van der Waals surface area contributed by atoms with E-state index in [0.717, 1.165) is 54.3 Å². The molecule has 106 valence electrons. The van der Waals surface area contributed by atoms with Crippen molar-refractivity contribution >= 4 is 27.3 Å². The zero-order chi connectivity index (χ0) is 13.9. The molecular weight excluding hydrogens is 336 g/mol. The highest BCUT2D eigenvalue weighted by molar-refractivity contribution is 9.10. The van der Waals surface area contributed by atoms with Gasteiger partial charge in [-0.25, -0.2) is 15.0 Å². The van der Waals surface area contributed by atoms with Crippen molar-refractivity contribution in [3.05, 3.63) is 38.3 Å². The van der Waals surface area contributed by atoms with E-state index in [1.165, 1.54) is 11.3 Å². The molecule has 0 radical (unpaired) electrons. The van der Waals surface area contributed by atoms with Gasteiger partial charge in [0.2, 0.25) is 0 Å². The largest absolute Gasteiger partial charge is 0.290 e. The van der Waals surface area contributed by atoms with Crippen molar-refractivity contribution in [3.63, 3.8) is 0 Å². The van der Waals surface area contributed by atoms with Gasteiger partial charge >= 0.3 is 0 Å². The number of thiazole rings is 1. The van der Waals surface area contributed by atoms with Crippen LogP contribution in [0, 0.1) is 0 Å². The molecule has 1 aliphatic rings. The number of nitrogens with zero attached hydrogens (tertiary/aromatic N) is 4. The first-order valence-corrected chi connectivity index (χ1v) is 8.58. The normalized spacial score (nSPS) is 15.3. The first-order valence-electron chi connectivity index (χ1n) is 6.90. The lowest BCUT2D eigenvalue weighted by atomic mass is 10.1. The van der Waals surface area contributed by atoms with Crippen LogP contribution in [0.4, 0.5) is 0 Å². The second kappa shape index (κ2) is 6.28. The molecular formula is C14H17BrN4S. The van der Waals surface area contributed by atoms with Gasteiger partial charge in [-0.15, -0.1) is 11.3 Å². The van der Waals surface area contributed by atoms with Crippen LogP contribution < -0.4 is 0 Å². The quantitative estimate of drug-likeness (QED) is 0.847. The first-order chi connectivity index (χ1) is 9.74. The predicted octanol–water partition coefficient (Wildman–Crippen LogP) is 3.21. The molecule has 0 N–H and O–H groups in total. The van der Waals surface area contributed by atoms with E-state index in [9.17, 15) is 0 Å². The average molecular weight is 353 g/mol. The first kappa shape index (κ1) is 14.1. The van der Waals surface area contributed by atoms with Crippen LogP contribution in [0.15, 0.2) is 16.2 Å². The molecule has 2 aromatic heterocycles. The van der Waals surface area contributed by atoms with Gasteiger partial charge in [-0.3, -0.25) is 4.90 Å². The molecule has 2 aromatic rings. The number of fused-ring (bicyclic) bond motifs is 1. The van der Waals surface area contributed by atoms with Gasteiger partial charge in [-0.2, -0.15) is 0 Å². The summed E-state index contributed by atoms with van der Waals surface area (Å²) in [5, 5.41) is 3.19. The zero-order valence-electron chi connectivity index (χ0n) is 11.5. The maximum absolute atomic E-state index is 4.72. The third-order valence-electron chi connectivity index (χ3n) is 3.43. The van der Waals surface area contributed by atoms with Crippen LogP contribution in [-0.2, 0) is 25.9 Å². The molecule has 0 unspecified atom stereocenters. The third-order valence-corrected chi connectivity index (χ3v) is 4.97. The molecule has 20 heavy (non-hydrogen) atoms. The highest BCUT2D eigenvalue weighted by Gasteiger charge is 2.19. The standard InChI is InChI=1S/C14H17BrN4S/c1-2-3-13-16-6-10-4-5-19(7-11(10)17-13)8-14-18-12(15)9-20-14/h6,9H,2-5,7-8H2,1H3. The number of halogens is 1. The summed E-state index contributed by atoms with van der Waals surface area (Å²) >= 11 is 5.11. The maximum atomic E-state index is 4.72. The average Bonchev–Trinajstić information content (AvgIpc) is 2.84. The summed E-state index contributed by atoms with van der Waals surface area (Å²) < 4.78 is 0.933. The lowest BCUT2D eigenvalue weighted by Crippen LogP contribution is -2.31. The van der Waals surface area contributed by atoms with Gasteiger partial charge in [0.15, 0.2) is 0 Å². The Labute approximate surface area is 131 Å². The van der Waals surface area contributed by atoms with Gasteiger partial charge in [0.1, 0.15) is 15.4 Å². The van der Waals surface area contributed by atoms with Crippen molar-refractivity contribution < 1.29 is 0 Å². The molecule has 0 atom stereocenters. The second-order valence-electron chi connectivity index (χ2n) is 5.03. The summed E-state index contributed by atoms with van der Waals surface area (Å²) in [4.78, 5) is 16.1. The van der Waals surface area contributed by atoms with E-state index in [-0.39, 0.29) is 0 Å². The molecule has 0 bridgehead atoms. The molecule has 0 aliphatic carbocycles. The molecule has 6 heteroatoms. The van der Waals surface area contributed by atoms with Crippen molar-refractivity contribution in [2.24, 2.45) is 0 Å². The molecule has 0 spiro atoms. The summed E-state index contributed by atoms with van der Waals surface area (Å²) in [6.45, 7) is 5.03. The summed E-state index contributed by atoms with van der Waals surface area (Å²) in [7, 11) is 0. The van der Waals surface area contributed by atoms with Crippen molar-refractivity contribution in [2.45, 2.75) is 39.3 Å². The monoisotopic (exact) mass is 352 g/mol.